The second kappa shape index (κ2) is 6.68. The average Bonchev–Trinajstić information content (AvgIpc) is 3.02. The number of rotatable bonds is 5. The van der Waals surface area contributed by atoms with Crippen molar-refractivity contribution in [2.75, 3.05) is 29.9 Å². The second-order valence-corrected chi connectivity index (χ2v) is 5.74. The van der Waals surface area contributed by atoms with Crippen LogP contribution in [0.2, 0.25) is 0 Å². The van der Waals surface area contributed by atoms with E-state index in [4.69, 9.17) is 0 Å². The molecule has 1 fully saturated rings. The first-order chi connectivity index (χ1) is 11.2. The van der Waals surface area contributed by atoms with Crippen molar-refractivity contribution in [2.24, 2.45) is 5.92 Å². The minimum absolute atomic E-state index is 0.249. The molecular weight excluding hydrogens is 294 g/mol. The Morgan fingerprint density at radius 1 is 1.39 bits per heavy atom. The monoisotopic (exact) mass is 315 g/mol. The quantitative estimate of drug-likeness (QED) is 0.856. The summed E-state index contributed by atoms with van der Waals surface area (Å²) < 4.78 is 1.19. The van der Waals surface area contributed by atoms with Gasteiger partial charge in [-0.05, 0) is 31.4 Å². The highest BCUT2D eigenvalue weighted by molar-refractivity contribution is 5.39. The molecule has 7 heteroatoms. The van der Waals surface area contributed by atoms with Crippen LogP contribution in [-0.2, 0) is 6.54 Å². The van der Waals surface area contributed by atoms with Gasteiger partial charge in [-0.1, -0.05) is 6.07 Å². The molecule has 0 aliphatic carbocycles. The van der Waals surface area contributed by atoms with Crippen LogP contribution in [0.15, 0.2) is 40.1 Å². The first-order valence-corrected chi connectivity index (χ1v) is 7.91. The predicted molar refractivity (Wildman–Crippen MR) is 90.0 cm³/mol. The third kappa shape index (κ3) is 3.44. The topological polar surface area (TPSA) is 83.0 Å². The maximum Gasteiger partial charge on any atom is 0.329 e. The minimum atomic E-state index is -0.343. The number of hydrogen-bond donors (Lipinski definition) is 2. The molecule has 1 saturated heterocycles. The molecule has 23 heavy (non-hydrogen) atoms. The number of aromatic amines is 1. The Bertz CT molecular complexity index is 737. The molecule has 3 rings (SSSR count). The zero-order valence-corrected chi connectivity index (χ0v) is 13.2. The molecule has 122 valence electrons. The van der Waals surface area contributed by atoms with Crippen LogP contribution < -0.4 is 21.5 Å². The lowest BCUT2D eigenvalue weighted by molar-refractivity contribution is 0.619. The highest BCUT2D eigenvalue weighted by atomic mass is 16.2. The van der Waals surface area contributed by atoms with Gasteiger partial charge in [-0.2, -0.15) is 0 Å². The molecule has 7 nitrogen and oxygen atoms in total. The van der Waals surface area contributed by atoms with Crippen LogP contribution in [0.1, 0.15) is 13.3 Å². The number of anilines is 2. The summed E-state index contributed by atoms with van der Waals surface area (Å²) in [6, 6.07) is 7.29. The molecule has 2 N–H and O–H groups in total. The molecule has 2 aromatic rings. The third-order valence-electron chi connectivity index (χ3n) is 4.19. The lowest BCUT2D eigenvalue weighted by Gasteiger charge is -2.18. The van der Waals surface area contributed by atoms with Gasteiger partial charge in [0.1, 0.15) is 11.6 Å². The zero-order chi connectivity index (χ0) is 16.2. The van der Waals surface area contributed by atoms with Crippen LogP contribution in [0.25, 0.3) is 0 Å². The average molecular weight is 315 g/mol. The maximum absolute atomic E-state index is 11.9. The highest BCUT2D eigenvalue weighted by Crippen LogP contribution is 2.20. The van der Waals surface area contributed by atoms with Crippen LogP contribution in [0, 0.1) is 5.92 Å². The predicted octanol–water partition coefficient (Wildman–Crippen LogP) is 0.890. The molecule has 1 aliphatic rings. The highest BCUT2D eigenvalue weighted by Gasteiger charge is 2.23. The molecule has 1 atom stereocenters. The summed E-state index contributed by atoms with van der Waals surface area (Å²) in [6.07, 6.45) is 2.77. The van der Waals surface area contributed by atoms with Gasteiger partial charge in [0.2, 0.25) is 0 Å². The fourth-order valence-corrected chi connectivity index (χ4v) is 2.91. The summed E-state index contributed by atoms with van der Waals surface area (Å²) >= 11 is 0. The fourth-order valence-electron chi connectivity index (χ4n) is 2.91. The van der Waals surface area contributed by atoms with Crippen molar-refractivity contribution in [3.05, 3.63) is 51.3 Å². The van der Waals surface area contributed by atoms with Gasteiger partial charge in [0.05, 0.1) is 0 Å². The summed E-state index contributed by atoms with van der Waals surface area (Å²) in [7, 11) is 0. The van der Waals surface area contributed by atoms with E-state index in [-0.39, 0.29) is 11.2 Å². The Hall–Kier alpha value is -2.57. The van der Waals surface area contributed by atoms with Gasteiger partial charge in [0, 0.05) is 38.4 Å². The molecule has 0 saturated carbocycles. The normalized spacial score (nSPS) is 17.4. The van der Waals surface area contributed by atoms with E-state index in [9.17, 15) is 9.59 Å². The van der Waals surface area contributed by atoms with E-state index in [0.29, 0.717) is 18.3 Å². The van der Waals surface area contributed by atoms with Crippen molar-refractivity contribution >= 4 is 11.6 Å². The van der Waals surface area contributed by atoms with Crippen LogP contribution in [0.5, 0.6) is 0 Å². The number of H-pyrrole nitrogens is 1. The van der Waals surface area contributed by atoms with Gasteiger partial charge in [0.15, 0.2) is 0 Å². The lowest BCUT2D eigenvalue weighted by Crippen LogP contribution is -2.36. The van der Waals surface area contributed by atoms with Crippen LogP contribution in [-0.4, -0.2) is 34.2 Å². The van der Waals surface area contributed by atoms with Crippen molar-refractivity contribution in [3.63, 3.8) is 0 Å². The van der Waals surface area contributed by atoms with Crippen molar-refractivity contribution in [2.45, 2.75) is 19.9 Å². The van der Waals surface area contributed by atoms with Crippen LogP contribution in [0.3, 0.4) is 0 Å². The van der Waals surface area contributed by atoms with Crippen molar-refractivity contribution < 1.29 is 0 Å². The molecular formula is C16H21N5O2. The molecule has 1 aliphatic heterocycles. The summed E-state index contributed by atoms with van der Waals surface area (Å²) in [6.45, 7) is 4.63. The summed E-state index contributed by atoms with van der Waals surface area (Å²) in [5.74, 6) is 1.93. The molecule has 2 aromatic heterocycles. The Morgan fingerprint density at radius 2 is 2.26 bits per heavy atom. The second-order valence-electron chi connectivity index (χ2n) is 5.74. The molecule has 0 spiro atoms. The molecule has 0 aromatic carbocycles. The zero-order valence-electron chi connectivity index (χ0n) is 13.2. The Balaban J connectivity index is 1.64. The first-order valence-electron chi connectivity index (χ1n) is 7.91. The molecule has 0 radical (unpaired) electrons. The van der Waals surface area contributed by atoms with E-state index < -0.39 is 0 Å². The molecule has 3 heterocycles. The van der Waals surface area contributed by atoms with Crippen molar-refractivity contribution in [1.29, 1.82) is 0 Å². The number of pyridine rings is 1. The SMILES string of the molecule is CCn1c(=O)cc(N2CC[C@@H](CNc3ccccn3)C2)[nH]c1=O. The van der Waals surface area contributed by atoms with E-state index >= 15 is 0 Å². The number of aromatic nitrogens is 3. The van der Waals surface area contributed by atoms with Crippen LogP contribution in [0.4, 0.5) is 11.6 Å². The van der Waals surface area contributed by atoms with E-state index in [1.54, 1.807) is 13.1 Å². The van der Waals surface area contributed by atoms with Gasteiger partial charge in [-0.3, -0.25) is 14.3 Å². The van der Waals surface area contributed by atoms with Crippen molar-refractivity contribution in [1.82, 2.24) is 14.5 Å². The maximum atomic E-state index is 11.9. The number of nitrogens with one attached hydrogen (secondary N) is 2. The Morgan fingerprint density at radius 3 is 2.96 bits per heavy atom. The van der Waals surface area contributed by atoms with Gasteiger partial charge < -0.3 is 10.2 Å². The van der Waals surface area contributed by atoms with Crippen LogP contribution >= 0.6 is 0 Å². The fraction of sp³-hybridized carbons (Fsp3) is 0.438. The Kier molecular flexibility index (Phi) is 4.45. The third-order valence-corrected chi connectivity index (χ3v) is 4.19. The first kappa shape index (κ1) is 15.3. The van der Waals surface area contributed by atoms with Crippen molar-refractivity contribution in [3.8, 4) is 0 Å². The molecule has 0 amide bonds. The molecule has 0 bridgehead atoms. The van der Waals surface area contributed by atoms with E-state index in [2.05, 4.69) is 20.2 Å². The van der Waals surface area contributed by atoms with E-state index in [1.807, 2.05) is 18.2 Å². The van der Waals surface area contributed by atoms with Gasteiger partial charge in [0.25, 0.3) is 5.56 Å². The summed E-state index contributed by atoms with van der Waals surface area (Å²) in [5.41, 5.74) is -0.591. The van der Waals surface area contributed by atoms with Gasteiger partial charge in [-0.15, -0.1) is 0 Å². The number of nitrogens with zero attached hydrogens (tertiary/aromatic N) is 3. The van der Waals surface area contributed by atoms with E-state index in [0.717, 1.165) is 31.9 Å². The van der Waals surface area contributed by atoms with Gasteiger partial charge in [-0.25, -0.2) is 9.78 Å². The minimum Gasteiger partial charge on any atom is -0.370 e. The summed E-state index contributed by atoms with van der Waals surface area (Å²) in [4.78, 5) is 32.9. The largest absolute Gasteiger partial charge is 0.370 e. The molecule has 0 unspecified atom stereocenters. The van der Waals surface area contributed by atoms with Gasteiger partial charge >= 0.3 is 5.69 Å². The van der Waals surface area contributed by atoms with E-state index in [1.165, 1.54) is 10.6 Å². The number of hydrogen-bond acceptors (Lipinski definition) is 5. The summed E-state index contributed by atoms with van der Waals surface area (Å²) in [5, 5.41) is 3.32. The Labute approximate surface area is 134 Å². The standard InChI is InChI=1S/C16H21N5O2/c1-2-21-15(22)9-14(19-16(21)23)20-8-6-12(11-20)10-18-13-5-3-4-7-17-13/h3-5,7,9,12H,2,6,8,10-11H2,1H3,(H,17,18)(H,19,23)/t12-/m0/s1. The smallest absolute Gasteiger partial charge is 0.329 e. The lowest BCUT2D eigenvalue weighted by atomic mass is 10.1.